The Morgan fingerprint density at radius 3 is 2.58 bits per heavy atom. The first-order chi connectivity index (χ1) is 17.3. The number of anilines is 1. The molecule has 2 heterocycles. The fraction of sp³-hybridized carbons (Fsp3) is 0.280. The topological polar surface area (TPSA) is 130 Å². The van der Waals surface area contributed by atoms with E-state index < -0.39 is 10.0 Å². The number of nitrogens with one attached hydrogen (secondary N) is 1. The Bertz CT molecular complexity index is 1470. The third-order valence-corrected chi connectivity index (χ3v) is 6.44. The molecule has 3 aromatic rings. The van der Waals surface area contributed by atoms with Crippen LogP contribution in [0.3, 0.4) is 0 Å². The summed E-state index contributed by atoms with van der Waals surface area (Å²) >= 11 is 0. The van der Waals surface area contributed by atoms with E-state index in [1.165, 1.54) is 14.2 Å². The Hall–Kier alpha value is -4.17. The van der Waals surface area contributed by atoms with Crippen LogP contribution in [0.5, 0.6) is 11.5 Å². The van der Waals surface area contributed by atoms with Gasteiger partial charge in [0.1, 0.15) is 11.9 Å². The highest BCUT2D eigenvalue weighted by atomic mass is 32.2. The van der Waals surface area contributed by atoms with Crippen LogP contribution < -0.4 is 14.2 Å². The van der Waals surface area contributed by atoms with Crippen LogP contribution in [0, 0.1) is 11.3 Å². The minimum Gasteiger partial charge on any atom is -0.493 e. The van der Waals surface area contributed by atoms with Crippen molar-refractivity contribution in [3.63, 3.8) is 0 Å². The number of amidine groups is 1. The minimum atomic E-state index is -3.38. The third kappa shape index (κ3) is 5.08. The fourth-order valence-corrected chi connectivity index (χ4v) is 4.84. The van der Waals surface area contributed by atoms with Gasteiger partial charge in [-0.1, -0.05) is 12.1 Å². The number of methoxy groups -OCH3 is 2. The van der Waals surface area contributed by atoms with E-state index in [9.17, 15) is 13.7 Å². The second kappa shape index (κ2) is 10.2. The van der Waals surface area contributed by atoms with E-state index in [1.54, 1.807) is 30.6 Å². The highest BCUT2D eigenvalue weighted by Crippen LogP contribution is 2.44. The zero-order valence-electron chi connectivity index (χ0n) is 20.4. The monoisotopic (exact) mass is 506 g/mol. The SMILES string of the molecule is COc1cc(N=C(C)N2CCc3c(cccc3NS(C)(=O)=O)C2)c(C#N)c(-c2ncccn2)c1OC. The van der Waals surface area contributed by atoms with Crippen molar-refractivity contribution in [2.45, 2.75) is 19.9 Å². The van der Waals surface area contributed by atoms with E-state index in [0.717, 1.165) is 17.4 Å². The summed E-state index contributed by atoms with van der Waals surface area (Å²) < 4.78 is 37.2. The molecule has 0 radical (unpaired) electrons. The van der Waals surface area contributed by atoms with Gasteiger partial charge >= 0.3 is 0 Å². The molecule has 1 aromatic heterocycles. The average Bonchev–Trinajstić information content (AvgIpc) is 2.87. The van der Waals surface area contributed by atoms with E-state index in [4.69, 9.17) is 14.5 Å². The first-order valence-electron chi connectivity index (χ1n) is 11.1. The number of aliphatic imine (C=N–C) groups is 1. The van der Waals surface area contributed by atoms with Crippen LogP contribution in [0.25, 0.3) is 11.4 Å². The van der Waals surface area contributed by atoms with Crippen LogP contribution in [0.1, 0.15) is 23.6 Å². The molecule has 0 fully saturated rings. The summed E-state index contributed by atoms with van der Waals surface area (Å²) in [6.07, 6.45) is 4.97. The lowest BCUT2D eigenvalue weighted by molar-refractivity contribution is 0.356. The Morgan fingerprint density at radius 2 is 1.94 bits per heavy atom. The minimum absolute atomic E-state index is 0.273. The first kappa shape index (κ1) is 24.9. The molecule has 1 aliphatic rings. The lowest BCUT2D eigenvalue weighted by Crippen LogP contribution is -2.34. The molecule has 0 aliphatic carbocycles. The fourth-order valence-electron chi connectivity index (χ4n) is 4.25. The van der Waals surface area contributed by atoms with Gasteiger partial charge in [-0.15, -0.1) is 0 Å². The number of ether oxygens (including phenoxy) is 2. The van der Waals surface area contributed by atoms with Crippen molar-refractivity contribution in [3.8, 4) is 29.0 Å². The van der Waals surface area contributed by atoms with Gasteiger partial charge in [-0.25, -0.2) is 23.4 Å². The number of nitriles is 1. The Morgan fingerprint density at radius 1 is 1.19 bits per heavy atom. The van der Waals surface area contributed by atoms with E-state index >= 15 is 0 Å². The van der Waals surface area contributed by atoms with Crippen LogP contribution in [0.4, 0.5) is 11.4 Å². The number of sulfonamides is 1. The number of fused-ring (bicyclic) bond motifs is 1. The van der Waals surface area contributed by atoms with Gasteiger partial charge in [-0.3, -0.25) is 4.72 Å². The molecule has 10 nitrogen and oxygen atoms in total. The lowest BCUT2D eigenvalue weighted by atomic mass is 9.98. The quantitative estimate of drug-likeness (QED) is 0.397. The Balaban J connectivity index is 1.74. The normalized spacial score (nSPS) is 13.5. The van der Waals surface area contributed by atoms with Crippen molar-refractivity contribution >= 4 is 27.2 Å². The molecule has 0 saturated carbocycles. The highest BCUT2D eigenvalue weighted by Gasteiger charge is 2.25. The van der Waals surface area contributed by atoms with Gasteiger partial charge in [0.05, 0.1) is 43.0 Å². The average molecular weight is 507 g/mol. The number of rotatable bonds is 6. The standard InChI is InChI=1S/C25H26N6O4S/c1-16(31-12-9-18-17(15-31)7-5-8-20(18)30-36(4,32)33)29-21-13-22(34-2)24(35-3)23(19(21)14-26)25-27-10-6-11-28-25/h5-8,10-11,13,30H,9,12,15H2,1-4H3. The number of nitrogens with zero attached hydrogens (tertiary/aromatic N) is 5. The molecule has 1 N–H and O–H groups in total. The summed E-state index contributed by atoms with van der Waals surface area (Å²) in [5, 5.41) is 10.1. The molecule has 186 valence electrons. The molecular weight excluding hydrogens is 480 g/mol. The predicted molar refractivity (Wildman–Crippen MR) is 137 cm³/mol. The molecule has 0 saturated heterocycles. The van der Waals surface area contributed by atoms with Crippen molar-refractivity contribution in [1.82, 2.24) is 14.9 Å². The van der Waals surface area contributed by atoms with Gasteiger partial charge in [0.25, 0.3) is 0 Å². The molecule has 4 rings (SSSR count). The zero-order valence-corrected chi connectivity index (χ0v) is 21.3. The Labute approximate surface area is 210 Å². The summed E-state index contributed by atoms with van der Waals surface area (Å²) in [7, 11) is -0.363. The summed E-state index contributed by atoms with van der Waals surface area (Å²) in [6, 6.07) is 11.2. The van der Waals surface area contributed by atoms with Crippen molar-refractivity contribution < 1.29 is 17.9 Å². The van der Waals surface area contributed by atoms with Gasteiger partial charge < -0.3 is 14.4 Å². The lowest BCUT2D eigenvalue weighted by Gasteiger charge is -2.31. The van der Waals surface area contributed by atoms with E-state index in [0.29, 0.717) is 59.6 Å². The van der Waals surface area contributed by atoms with Gasteiger partial charge in [0.2, 0.25) is 10.0 Å². The maximum absolute atomic E-state index is 11.8. The van der Waals surface area contributed by atoms with Gasteiger partial charge in [-0.2, -0.15) is 5.26 Å². The summed E-state index contributed by atoms with van der Waals surface area (Å²) in [4.78, 5) is 15.5. The second-order valence-electron chi connectivity index (χ2n) is 8.21. The summed E-state index contributed by atoms with van der Waals surface area (Å²) in [5.74, 6) is 1.79. The molecule has 1 aliphatic heterocycles. The number of hydrogen-bond donors (Lipinski definition) is 1. The summed E-state index contributed by atoms with van der Waals surface area (Å²) in [5.41, 5.74) is 3.67. The van der Waals surface area contributed by atoms with Crippen molar-refractivity contribution in [2.75, 3.05) is 31.7 Å². The second-order valence-corrected chi connectivity index (χ2v) is 9.96. The molecule has 36 heavy (non-hydrogen) atoms. The molecule has 0 unspecified atom stereocenters. The summed E-state index contributed by atoms with van der Waals surface area (Å²) in [6.45, 7) is 3.06. The molecule has 0 amide bonds. The van der Waals surface area contributed by atoms with Gasteiger partial charge in [-0.05, 0) is 36.6 Å². The van der Waals surface area contributed by atoms with E-state index in [2.05, 4.69) is 25.7 Å². The van der Waals surface area contributed by atoms with Crippen LogP contribution in [0.15, 0.2) is 47.7 Å². The highest BCUT2D eigenvalue weighted by molar-refractivity contribution is 7.92. The molecular formula is C25H26N6O4S. The van der Waals surface area contributed by atoms with Gasteiger partial charge in [0.15, 0.2) is 17.3 Å². The van der Waals surface area contributed by atoms with Crippen LogP contribution >= 0.6 is 0 Å². The smallest absolute Gasteiger partial charge is 0.229 e. The molecule has 0 spiro atoms. The van der Waals surface area contributed by atoms with Crippen molar-refractivity contribution in [1.29, 1.82) is 5.26 Å². The van der Waals surface area contributed by atoms with Crippen LogP contribution in [0.2, 0.25) is 0 Å². The molecule has 2 aromatic carbocycles. The Kier molecular flexibility index (Phi) is 7.07. The van der Waals surface area contributed by atoms with Crippen LogP contribution in [-0.2, 0) is 23.0 Å². The molecule has 11 heteroatoms. The van der Waals surface area contributed by atoms with Crippen molar-refractivity contribution in [3.05, 3.63) is 59.4 Å². The number of hydrogen-bond acceptors (Lipinski definition) is 8. The third-order valence-electron chi connectivity index (χ3n) is 5.85. The number of aromatic nitrogens is 2. The zero-order chi connectivity index (χ0) is 25.9. The van der Waals surface area contributed by atoms with Crippen molar-refractivity contribution in [2.24, 2.45) is 4.99 Å². The maximum atomic E-state index is 11.8. The number of benzene rings is 2. The van der Waals surface area contributed by atoms with Crippen LogP contribution in [-0.4, -0.2) is 56.1 Å². The predicted octanol–water partition coefficient (Wildman–Crippen LogP) is 3.51. The first-order valence-corrected chi connectivity index (χ1v) is 13.0. The van der Waals surface area contributed by atoms with Gasteiger partial charge in [0, 0.05) is 31.5 Å². The molecule has 0 atom stereocenters. The molecule has 0 bridgehead atoms. The van der Waals surface area contributed by atoms with E-state index in [-0.39, 0.29) is 5.56 Å². The largest absolute Gasteiger partial charge is 0.493 e. The van der Waals surface area contributed by atoms with E-state index in [1.807, 2.05) is 19.1 Å². The maximum Gasteiger partial charge on any atom is 0.229 e.